The monoisotopic (exact) mass is 660 g/mol. The van der Waals surface area contributed by atoms with E-state index >= 15 is 0 Å². The molecule has 0 saturated heterocycles. The Hall–Kier alpha value is -6.54. The Kier molecular flexibility index (Phi) is 8.21. The largest absolute Gasteiger partial charge is 0.497 e. The first-order valence-corrected chi connectivity index (χ1v) is 15.9. The number of carbonyl (C=O) groups is 2. The minimum atomic E-state index is -0.521. The number of hydrogen-bond acceptors (Lipinski definition) is 6. The highest BCUT2D eigenvalue weighted by molar-refractivity contribution is 6.35. The van der Waals surface area contributed by atoms with Crippen LogP contribution in [0, 0.1) is 0 Å². The lowest BCUT2D eigenvalue weighted by molar-refractivity contribution is -0.123. The van der Waals surface area contributed by atoms with Gasteiger partial charge in [0, 0.05) is 27.3 Å². The third-order valence-electron chi connectivity index (χ3n) is 9.15. The lowest BCUT2D eigenvalue weighted by Crippen LogP contribution is -2.41. The highest BCUT2D eigenvalue weighted by Gasteiger charge is 2.36. The Labute approximate surface area is 287 Å². The van der Waals surface area contributed by atoms with Gasteiger partial charge in [0.2, 0.25) is 0 Å². The van der Waals surface area contributed by atoms with E-state index in [9.17, 15) is 19.2 Å². The maximum absolute atomic E-state index is 14.0. The molecule has 5 aromatic carbocycles. The predicted molar refractivity (Wildman–Crippen MR) is 197 cm³/mol. The summed E-state index contributed by atoms with van der Waals surface area (Å²) < 4.78 is 11.7. The van der Waals surface area contributed by atoms with E-state index in [2.05, 4.69) is 13.2 Å². The van der Waals surface area contributed by atoms with E-state index in [-0.39, 0.29) is 18.3 Å². The van der Waals surface area contributed by atoms with Crippen molar-refractivity contribution >= 4 is 56.3 Å². The lowest BCUT2D eigenvalue weighted by atomic mass is 9.86. The molecular formula is C42H32N2O6. The van der Waals surface area contributed by atoms with Gasteiger partial charge in [-0.1, -0.05) is 61.7 Å². The van der Waals surface area contributed by atoms with E-state index in [1.165, 1.54) is 15.5 Å². The van der Waals surface area contributed by atoms with Gasteiger partial charge in [-0.25, -0.2) is 0 Å². The molecule has 0 spiro atoms. The first-order valence-electron chi connectivity index (χ1n) is 15.9. The molecule has 8 heteroatoms. The molecule has 0 aliphatic carbocycles. The summed E-state index contributed by atoms with van der Waals surface area (Å²) >= 11 is 0. The maximum Gasteiger partial charge on any atom is 0.261 e. The zero-order chi connectivity index (χ0) is 35.1. The summed E-state index contributed by atoms with van der Waals surface area (Å²) in [6, 6.07) is 28.6. The second-order valence-corrected chi connectivity index (χ2v) is 12.1. The number of benzene rings is 5. The number of aromatic nitrogens is 1. The molecule has 2 amide bonds. The number of carbonyl (C=O) groups excluding carboxylic acids is 2. The number of rotatable bonds is 7. The molecule has 0 atom stereocenters. The van der Waals surface area contributed by atoms with Crippen LogP contribution in [0.3, 0.4) is 0 Å². The number of amides is 2. The third kappa shape index (κ3) is 5.46. The van der Waals surface area contributed by atoms with Gasteiger partial charge in [0.1, 0.15) is 11.5 Å². The minimum Gasteiger partial charge on any atom is -0.497 e. The van der Waals surface area contributed by atoms with Crippen LogP contribution in [0.2, 0.25) is 0 Å². The van der Waals surface area contributed by atoms with Crippen molar-refractivity contribution in [2.45, 2.75) is 13.1 Å². The van der Waals surface area contributed by atoms with Gasteiger partial charge in [-0.2, -0.15) is 0 Å². The molecular weight excluding hydrogens is 628 g/mol. The molecule has 8 nitrogen and oxygen atoms in total. The fourth-order valence-electron chi connectivity index (χ4n) is 6.55. The SMILES string of the molecule is C=C/C=C1/C(=O)N(Cc2ccc(OC)cc2)C(=O)c2ccc3c(cc4ccc5cc4c3ccc(=C)c(=O)n(Cc3ccc(OC)cc3)c5=O)c21. The molecule has 0 radical (unpaired) electrons. The van der Waals surface area contributed by atoms with E-state index in [4.69, 9.17) is 9.47 Å². The zero-order valence-electron chi connectivity index (χ0n) is 27.6. The predicted octanol–water partition coefficient (Wildman–Crippen LogP) is 6.18. The summed E-state index contributed by atoms with van der Waals surface area (Å²) in [5.74, 6) is 0.496. The molecule has 0 unspecified atom stereocenters. The van der Waals surface area contributed by atoms with Gasteiger partial charge < -0.3 is 9.47 Å². The van der Waals surface area contributed by atoms with Crippen LogP contribution in [0.4, 0.5) is 0 Å². The average molecular weight is 661 g/mol. The van der Waals surface area contributed by atoms with Crippen molar-refractivity contribution in [3.8, 4) is 11.5 Å². The molecule has 1 aromatic heterocycles. The van der Waals surface area contributed by atoms with Crippen LogP contribution in [-0.2, 0) is 17.9 Å². The van der Waals surface area contributed by atoms with Gasteiger partial charge in [-0.15, -0.1) is 0 Å². The summed E-state index contributed by atoms with van der Waals surface area (Å²) in [7, 11) is 3.15. The molecule has 0 saturated carbocycles. The highest BCUT2D eigenvalue weighted by atomic mass is 16.5. The molecule has 2 bridgehead atoms. The molecule has 2 heterocycles. The molecule has 246 valence electrons. The van der Waals surface area contributed by atoms with Crippen LogP contribution in [0.15, 0.2) is 125 Å². The Balaban J connectivity index is 1.43. The Morgan fingerprint density at radius 1 is 0.620 bits per heavy atom. The second kappa shape index (κ2) is 12.8. The van der Waals surface area contributed by atoms with Crippen molar-refractivity contribution < 1.29 is 19.1 Å². The topological polar surface area (TPSA) is 94.9 Å². The maximum atomic E-state index is 14.0. The van der Waals surface area contributed by atoms with Crippen LogP contribution < -0.4 is 25.8 Å². The Bertz CT molecular complexity index is 2620. The summed E-state index contributed by atoms with van der Waals surface area (Å²) in [6.07, 6.45) is 3.17. The quantitative estimate of drug-likeness (QED) is 0.115. The molecule has 0 N–H and O–H groups in total. The molecule has 1 aliphatic rings. The molecule has 50 heavy (non-hydrogen) atoms. The summed E-state index contributed by atoms with van der Waals surface area (Å²) in [5.41, 5.74) is 1.79. The smallest absolute Gasteiger partial charge is 0.261 e. The number of ether oxygens (including phenoxy) is 2. The third-order valence-corrected chi connectivity index (χ3v) is 9.15. The minimum absolute atomic E-state index is 0.0548. The first-order chi connectivity index (χ1) is 24.2. The van der Waals surface area contributed by atoms with Gasteiger partial charge in [0.25, 0.3) is 22.9 Å². The molecule has 0 fully saturated rings. The van der Waals surface area contributed by atoms with Crippen molar-refractivity contribution in [1.82, 2.24) is 9.47 Å². The standard InChI is InChI=1S/C42H32N2O6/c1-5-6-34-38-35(42(48)44(41(34)47)24-27-10-16-31(50-4)17-11-27)20-19-33-32-18-7-25(2)39(45)43(23-26-8-14-30(49-3)15-9-26)40(46)29-13-12-28(21-37(33)38)36(32)22-29/h5-22H,1-2,23-24H2,3-4H3/b18-7?,34-6+. The van der Waals surface area contributed by atoms with Gasteiger partial charge in [-0.3, -0.25) is 28.6 Å². The van der Waals surface area contributed by atoms with E-state index in [0.29, 0.717) is 39.0 Å². The number of nitrogens with zero attached hydrogens (tertiary/aromatic N) is 2. The fraction of sp³-hybridized carbons (Fsp3) is 0.0952. The van der Waals surface area contributed by atoms with E-state index in [1.807, 2.05) is 48.5 Å². The van der Waals surface area contributed by atoms with Gasteiger partial charge >= 0.3 is 0 Å². The van der Waals surface area contributed by atoms with E-state index < -0.39 is 22.9 Å². The van der Waals surface area contributed by atoms with Crippen molar-refractivity contribution in [2.75, 3.05) is 14.2 Å². The zero-order valence-corrected chi connectivity index (χ0v) is 27.6. The van der Waals surface area contributed by atoms with Crippen LogP contribution in [0.25, 0.3) is 44.5 Å². The number of imide groups is 1. The summed E-state index contributed by atoms with van der Waals surface area (Å²) in [6.45, 7) is 8.00. The number of allylic oxidation sites excluding steroid dienone is 2. The van der Waals surface area contributed by atoms with Gasteiger partial charge in [0.05, 0.1) is 27.3 Å². The van der Waals surface area contributed by atoms with Crippen molar-refractivity contribution in [1.29, 1.82) is 0 Å². The molecule has 7 rings (SSSR count). The average Bonchev–Trinajstić information content (AvgIpc) is 3.14. The highest BCUT2D eigenvalue weighted by Crippen LogP contribution is 2.39. The number of methoxy groups -OCH3 is 2. The summed E-state index contributed by atoms with van der Waals surface area (Å²) in [5, 5.41) is 4.19. The number of fused-ring (bicyclic) bond motifs is 5. The van der Waals surface area contributed by atoms with Crippen LogP contribution >= 0.6 is 0 Å². The Morgan fingerprint density at radius 3 is 1.84 bits per heavy atom. The van der Waals surface area contributed by atoms with E-state index in [0.717, 1.165) is 32.7 Å². The number of hydrogen-bond donors (Lipinski definition) is 0. The first kappa shape index (κ1) is 32.0. The molecule has 6 aromatic rings. The van der Waals surface area contributed by atoms with Crippen molar-refractivity contribution in [3.63, 3.8) is 0 Å². The van der Waals surface area contributed by atoms with Crippen LogP contribution in [-0.4, -0.2) is 35.5 Å². The Morgan fingerprint density at radius 2 is 1.20 bits per heavy atom. The summed E-state index contributed by atoms with van der Waals surface area (Å²) in [4.78, 5) is 56.9. The molecule has 1 aliphatic heterocycles. The van der Waals surface area contributed by atoms with E-state index in [1.54, 1.807) is 68.8 Å². The van der Waals surface area contributed by atoms with Gasteiger partial charge in [-0.05, 0) is 98.7 Å². The van der Waals surface area contributed by atoms with Crippen LogP contribution in [0.1, 0.15) is 27.0 Å². The van der Waals surface area contributed by atoms with Crippen molar-refractivity contribution in [2.24, 2.45) is 0 Å². The van der Waals surface area contributed by atoms with Crippen LogP contribution in [0.5, 0.6) is 11.5 Å². The van der Waals surface area contributed by atoms with Crippen molar-refractivity contribution in [3.05, 3.63) is 164 Å². The van der Waals surface area contributed by atoms with Gasteiger partial charge in [0.15, 0.2) is 0 Å². The lowest BCUT2D eigenvalue weighted by Gasteiger charge is -2.30. The fourth-order valence-corrected chi connectivity index (χ4v) is 6.55. The normalized spacial score (nSPS) is 13.6. The second-order valence-electron chi connectivity index (χ2n) is 12.1.